The lowest BCUT2D eigenvalue weighted by atomic mass is 9.95. The summed E-state index contributed by atoms with van der Waals surface area (Å²) < 4.78 is 13.8. The number of benzene rings is 4. The second-order valence-electron chi connectivity index (χ2n) is 7.02. The minimum absolute atomic E-state index is 0.148. The molecule has 0 saturated carbocycles. The molecule has 0 aromatic heterocycles. The zero-order valence-corrected chi connectivity index (χ0v) is 17.0. The lowest BCUT2D eigenvalue weighted by Crippen LogP contribution is -2.14. The standard InChI is InChI=1S/C26H14FN3S/c27-20-13-18(15-28)26(19(14-20)16-29)17-9-11-21(12-10-17)30-22-5-1-3-7-24(22)31-25-8-4-2-6-23(25)30/h1-14H. The van der Waals surface area contributed by atoms with E-state index in [2.05, 4.69) is 29.2 Å². The van der Waals surface area contributed by atoms with Crippen LogP contribution >= 0.6 is 11.8 Å². The molecule has 5 heteroatoms. The molecular weight excluding hydrogens is 405 g/mol. The second kappa shape index (κ2) is 7.65. The van der Waals surface area contributed by atoms with Crippen molar-refractivity contribution in [2.45, 2.75) is 9.79 Å². The van der Waals surface area contributed by atoms with Gasteiger partial charge in [-0.15, -0.1) is 0 Å². The fraction of sp³-hybridized carbons (Fsp3) is 0. The van der Waals surface area contributed by atoms with Gasteiger partial charge in [-0.3, -0.25) is 0 Å². The maximum Gasteiger partial charge on any atom is 0.125 e. The van der Waals surface area contributed by atoms with Crippen LogP contribution in [0.2, 0.25) is 0 Å². The monoisotopic (exact) mass is 419 g/mol. The summed E-state index contributed by atoms with van der Waals surface area (Å²) in [5, 5.41) is 18.9. The zero-order chi connectivity index (χ0) is 21.4. The molecule has 1 aliphatic heterocycles. The maximum atomic E-state index is 13.8. The van der Waals surface area contributed by atoms with E-state index in [4.69, 9.17) is 0 Å². The van der Waals surface area contributed by atoms with Crippen molar-refractivity contribution >= 4 is 28.8 Å². The number of rotatable bonds is 2. The summed E-state index contributed by atoms with van der Waals surface area (Å²) in [6.45, 7) is 0. The van der Waals surface area contributed by atoms with Crippen LogP contribution in [0.5, 0.6) is 0 Å². The van der Waals surface area contributed by atoms with E-state index >= 15 is 0 Å². The summed E-state index contributed by atoms with van der Waals surface area (Å²) in [7, 11) is 0. The summed E-state index contributed by atoms with van der Waals surface area (Å²) in [4.78, 5) is 4.54. The first-order valence-corrected chi connectivity index (χ1v) is 10.4. The maximum absolute atomic E-state index is 13.8. The predicted molar refractivity (Wildman–Crippen MR) is 120 cm³/mol. The molecule has 0 unspecified atom stereocenters. The highest BCUT2D eigenvalue weighted by Gasteiger charge is 2.24. The molecule has 3 nitrogen and oxygen atoms in total. The van der Waals surface area contributed by atoms with Crippen LogP contribution in [0.1, 0.15) is 11.1 Å². The minimum atomic E-state index is -0.590. The molecule has 0 radical (unpaired) electrons. The summed E-state index contributed by atoms with van der Waals surface area (Å²) in [6.07, 6.45) is 0. The highest BCUT2D eigenvalue weighted by molar-refractivity contribution is 7.99. The Hall–Kier alpha value is -4.06. The number of para-hydroxylation sites is 2. The van der Waals surface area contributed by atoms with Crippen molar-refractivity contribution in [3.63, 3.8) is 0 Å². The first kappa shape index (κ1) is 18.9. The average Bonchev–Trinajstić information content (AvgIpc) is 2.82. The van der Waals surface area contributed by atoms with Crippen LogP contribution in [0.25, 0.3) is 11.1 Å². The molecular formula is C26H14FN3S. The first-order chi connectivity index (χ1) is 15.2. The van der Waals surface area contributed by atoms with Crippen LogP contribution in [-0.2, 0) is 0 Å². The van der Waals surface area contributed by atoms with E-state index < -0.39 is 5.82 Å². The van der Waals surface area contributed by atoms with Gasteiger partial charge in [-0.05, 0) is 54.1 Å². The van der Waals surface area contributed by atoms with Crippen molar-refractivity contribution in [2.75, 3.05) is 4.90 Å². The topological polar surface area (TPSA) is 50.8 Å². The Labute approximate surface area is 183 Å². The van der Waals surface area contributed by atoms with Crippen molar-refractivity contribution in [3.8, 4) is 23.3 Å². The highest BCUT2D eigenvalue weighted by atomic mass is 32.2. The van der Waals surface area contributed by atoms with Crippen LogP contribution in [-0.4, -0.2) is 0 Å². The molecule has 4 aromatic carbocycles. The van der Waals surface area contributed by atoms with Gasteiger partial charge in [0.2, 0.25) is 0 Å². The van der Waals surface area contributed by atoms with E-state index in [1.54, 1.807) is 11.8 Å². The fourth-order valence-corrected chi connectivity index (χ4v) is 4.91. The molecule has 0 aliphatic carbocycles. The third kappa shape index (κ3) is 3.22. The fourth-order valence-electron chi connectivity index (χ4n) is 3.85. The highest BCUT2D eigenvalue weighted by Crippen LogP contribution is 2.51. The Kier molecular flexibility index (Phi) is 4.67. The van der Waals surface area contributed by atoms with Gasteiger partial charge in [0.1, 0.15) is 5.82 Å². The number of halogens is 1. The third-order valence-electron chi connectivity index (χ3n) is 5.19. The number of hydrogen-bond acceptors (Lipinski definition) is 4. The molecule has 0 N–H and O–H groups in total. The molecule has 0 spiro atoms. The minimum Gasteiger partial charge on any atom is -0.308 e. The number of nitriles is 2. The quantitative estimate of drug-likeness (QED) is 0.304. The van der Waals surface area contributed by atoms with Gasteiger partial charge >= 0.3 is 0 Å². The summed E-state index contributed by atoms with van der Waals surface area (Å²) in [5.41, 5.74) is 4.59. The first-order valence-electron chi connectivity index (χ1n) is 9.60. The summed E-state index contributed by atoms with van der Waals surface area (Å²) in [6, 6.07) is 30.5. The van der Waals surface area contributed by atoms with Crippen LogP contribution in [0.3, 0.4) is 0 Å². The number of hydrogen-bond donors (Lipinski definition) is 0. The molecule has 0 amide bonds. The zero-order valence-electron chi connectivity index (χ0n) is 16.2. The van der Waals surface area contributed by atoms with Gasteiger partial charge in [-0.1, -0.05) is 48.2 Å². The molecule has 4 aromatic rings. The van der Waals surface area contributed by atoms with E-state index in [0.717, 1.165) is 17.1 Å². The number of anilines is 3. The van der Waals surface area contributed by atoms with Crippen molar-refractivity contribution < 1.29 is 4.39 Å². The van der Waals surface area contributed by atoms with Gasteiger partial charge in [-0.2, -0.15) is 10.5 Å². The second-order valence-corrected chi connectivity index (χ2v) is 8.10. The van der Waals surface area contributed by atoms with E-state index in [9.17, 15) is 14.9 Å². The van der Waals surface area contributed by atoms with Crippen LogP contribution in [0, 0.1) is 28.5 Å². The number of nitrogens with zero attached hydrogens (tertiary/aromatic N) is 3. The third-order valence-corrected chi connectivity index (χ3v) is 6.32. The lowest BCUT2D eigenvalue weighted by Gasteiger charge is -2.32. The van der Waals surface area contributed by atoms with E-state index in [0.29, 0.717) is 11.1 Å². The normalized spacial score (nSPS) is 11.8. The van der Waals surface area contributed by atoms with E-state index in [-0.39, 0.29) is 11.1 Å². The lowest BCUT2D eigenvalue weighted by molar-refractivity contribution is 0.627. The molecule has 0 atom stereocenters. The van der Waals surface area contributed by atoms with Crippen LogP contribution in [0.4, 0.5) is 21.5 Å². The van der Waals surface area contributed by atoms with Gasteiger partial charge in [0.25, 0.3) is 0 Å². The molecule has 1 heterocycles. The predicted octanol–water partition coefficient (Wildman–Crippen LogP) is 7.17. The summed E-state index contributed by atoms with van der Waals surface area (Å²) >= 11 is 1.74. The molecule has 31 heavy (non-hydrogen) atoms. The molecule has 0 fully saturated rings. The van der Waals surface area contributed by atoms with Crippen LogP contribution < -0.4 is 4.90 Å². The average molecular weight is 419 g/mol. The molecule has 1 aliphatic rings. The van der Waals surface area contributed by atoms with Gasteiger partial charge < -0.3 is 4.90 Å². The SMILES string of the molecule is N#Cc1cc(F)cc(C#N)c1-c1ccc(N2c3ccccc3Sc3ccccc32)cc1. The van der Waals surface area contributed by atoms with Crippen molar-refractivity contribution in [1.29, 1.82) is 10.5 Å². The smallest absolute Gasteiger partial charge is 0.125 e. The van der Waals surface area contributed by atoms with Gasteiger partial charge in [-0.25, -0.2) is 4.39 Å². The van der Waals surface area contributed by atoms with Gasteiger partial charge in [0.15, 0.2) is 0 Å². The number of fused-ring (bicyclic) bond motifs is 2. The summed E-state index contributed by atoms with van der Waals surface area (Å²) in [5.74, 6) is -0.590. The Balaban J connectivity index is 1.64. The Morgan fingerprint density at radius 2 is 1.23 bits per heavy atom. The van der Waals surface area contributed by atoms with Gasteiger partial charge in [0.05, 0.1) is 34.6 Å². The van der Waals surface area contributed by atoms with Gasteiger partial charge in [0, 0.05) is 21.0 Å². The molecule has 0 saturated heterocycles. The Morgan fingerprint density at radius 3 is 1.74 bits per heavy atom. The largest absolute Gasteiger partial charge is 0.308 e. The van der Waals surface area contributed by atoms with Crippen molar-refractivity contribution in [2.24, 2.45) is 0 Å². The molecule has 5 rings (SSSR count). The molecule has 146 valence electrons. The van der Waals surface area contributed by atoms with E-state index in [1.165, 1.54) is 21.9 Å². The molecule has 0 bridgehead atoms. The Bertz CT molecular complexity index is 1320. The van der Waals surface area contributed by atoms with Crippen LogP contribution in [0.15, 0.2) is 94.7 Å². The Morgan fingerprint density at radius 1 is 0.710 bits per heavy atom. The van der Waals surface area contributed by atoms with Crippen molar-refractivity contribution in [1.82, 2.24) is 0 Å². The van der Waals surface area contributed by atoms with E-state index in [1.807, 2.05) is 60.7 Å². The van der Waals surface area contributed by atoms with Crippen molar-refractivity contribution in [3.05, 3.63) is 102 Å².